The topological polar surface area (TPSA) is 64.0 Å². The van der Waals surface area contributed by atoms with Crippen molar-refractivity contribution >= 4 is 23.4 Å². The minimum absolute atomic E-state index is 0.170. The molecule has 5 nitrogen and oxygen atoms in total. The first kappa shape index (κ1) is 14.8. The molecular formula is C15H14FN3O2S. The van der Waals surface area contributed by atoms with Crippen LogP contribution >= 0.6 is 11.8 Å². The molecule has 1 unspecified atom stereocenters. The highest BCUT2D eigenvalue weighted by molar-refractivity contribution is 7.99. The van der Waals surface area contributed by atoms with Gasteiger partial charge in [-0.15, -0.1) is 0 Å². The number of hydrogen-bond donors (Lipinski definition) is 1. The second-order valence-corrected chi connectivity index (χ2v) is 6.12. The Bertz CT molecular complexity index is 791. The van der Waals surface area contributed by atoms with Crippen molar-refractivity contribution in [3.05, 3.63) is 52.2 Å². The number of fused-ring (bicyclic) bond motifs is 1. The van der Waals surface area contributed by atoms with Crippen molar-refractivity contribution in [2.45, 2.75) is 18.6 Å². The van der Waals surface area contributed by atoms with Gasteiger partial charge in [0, 0.05) is 30.2 Å². The third-order valence-electron chi connectivity index (χ3n) is 3.53. The number of nitrogens with zero attached hydrogens (tertiary/aromatic N) is 2. The van der Waals surface area contributed by atoms with Crippen LogP contribution in [0.2, 0.25) is 0 Å². The lowest BCUT2D eigenvalue weighted by Crippen LogP contribution is -2.36. The highest BCUT2D eigenvalue weighted by atomic mass is 32.2. The molecule has 7 heteroatoms. The highest BCUT2D eigenvalue weighted by Crippen LogP contribution is 2.25. The Hall–Kier alpha value is -2.15. The number of hydrogen-bond acceptors (Lipinski definition) is 4. The summed E-state index contributed by atoms with van der Waals surface area (Å²) in [6.07, 6.45) is 1.47. The third kappa shape index (κ3) is 2.89. The maximum Gasteiger partial charge on any atom is 0.254 e. The van der Waals surface area contributed by atoms with Crippen LogP contribution in [-0.4, -0.2) is 21.2 Å². The average molecular weight is 319 g/mol. The van der Waals surface area contributed by atoms with Crippen molar-refractivity contribution < 1.29 is 9.18 Å². The molecule has 2 aromatic rings. The Kier molecular flexibility index (Phi) is 3.98. The second kappa shape index (κ2) is 5.92. The number of anilines is 1. The van der Waals surface area contributed by atoms with Crippen molar-refractivity contribution in [1.82, 2.24) is 9.55 Å². The van der Waals surface area contributed by atoms with E-state index < -0.39 is 0 Å². The normalized spacial score (nSPS) is 16.9. The standard InChI is InChI=1S/C15H14FN3O2S/c1-9-2-3-11(6-12(9)16)18-14(21)10-7-19-13(20)4-5-17-15(19)22-8-10/h2-6,10H,7-8H2,1H3,(H,18,21). The molecule has 0 aliphatic carbocycles. The number of thioether (sulfide) groups is 1. The Morgan fingerprint density at radius 1 is 1.45 bits per heavy atom. The van der Waals surface area contributed by atoms with Gasteiger partial charge in [0.05, 0.1) is 5.92 Å². The fraction of sp³-hybridized carbons (Fsp3) is 0.267. The van der Waals surface area contributed by atoms with Crippen molar-refractivity contribution in [2.75, 3.05) is 11.1 Å². The van der Waals surface area contributed by atoms with Crippen molar-refractivity contribution in [3.8, 4) is 0 Å². The van der Waals surface area contributed by atoms with Gasteiger partial charge >= 0.3 is 0 Å². The lowest BCUT2D eigenvalue weighted by atomic mass is 10.1. The van der Waals surface area contributed by atoms with E-state index in [1.165, 1.54) is 34.7 Å². The third-order valence-corrected chi connectivity index (χ3v) is 4.68. The van der Waals surface area contributed by atoms with Crippen molar-refractivity contribution in [2.24, 2.45) is 5.92 Å². The molecule has 1 aliphatic heterocycles. The number of nitrogens with one attached hydrogen (secondary N) is 1. The van der Waals surface area contributed by atoms with Crippen LogP contribution in [-0.2, 0) is 11.3 Å². The highest BCUT2D eigenvalue weighted by Gasteiger charge is 2.26. The minimum atomic E-state index is -0.360. The molecule has 1 N–H and O–H groups in total. The first-order valence-corrected chi connectivity index (χ1v) is 7.79. The molecule has 0 saturated carbocycles. The summed E-state index contributed by atoms with van der Waals surface area (Å²) < 4.78 is 15.0. The number of benzene rings is 1. The summed E-state index contributed by atoms with van der Waals surface area (Å²) in [7, 11) is 0. The van der Waals surface area contributed by atoms with Gasteiger partial charge in [0.1, 0.15) is 5.82 Å². The molecule has 2 heterocycles. The van der Waals surface area contributed by atoms with E-state index in [0.717, 1.165) is 0 Å². The van der Waals surface area contributed by atoms with Crippen LogP contribution in [0.15, 0.2) is 40.4 Å². The van der Waals surface area contributed by atoms with Gasteiger partial charge in [-0.05, 0) is 24.6 Å². The minimum Gasteiger partial charge on any atom is -0.326 e. The SMILES string of the molecule is Cc1ccc(NC(=O)C2CSc3nccc(=O)n3C2)cc1F. The summed E-state index contributed by atoms with van der Waals surface area (Å²) in [6, 6.07) is 5.95. The summed E-state index contributed by atoms with van der Waals surface area (Å²) in [5.74, 6) is -0.404. The Morgan fingerprint density at radius 3 is 3.05 bits per heavy atom. The van der Waals surface area contributed by atoms with Crippen LogP contribution in [0.5, 0.6) is 0 Å². The molecule has 114 valence electrons. The quantitative estimate of drug-likeness (QED) is 0.861. The van der Waals surface area contributed by atoms with Gasteiger partial charge in [-0.25, -0.2) is 9.37 Å². The molecule has 0 saturated heterocycles. The molecule has 22 heavy (non-hydrogen) atoms. The smallest absolute Gasteiger partial charge is 0.254 e. The number of halogens is 1. The number of aromatic nitrogens is 2. The average Bonchev–Trinajstić information content (AvgIpc) is 2.51. The lowest BCUT2D eigenvalue weighted by Gasteiger charge is -2.23. The summed E-state index contributed by atoms with van der Waals surface area (Å²) in [6.45, 7) is 1.95. The van der Waals surface area contributed by atoms with Crippen molar-refractivity contribution in [3.63, 3.8) is 0 Å². The first-order valence-electron chi connectivity index (χ1n) is 6.80. The Labute approximate surface area is 130 Å². The largest absolute Gasteiger partial charge is 0.326 e. The number of rotatable bonds is 2. The van der Waals surface area contributed by atoms with E-state index in [-0.39, 0.29) is 29.7 Å². The zero-order valence-corrected chi connectivity index (χ0v) is 12.7. The Morgan fingerprint density at radius 2 is 2.27 bits per heavy atom. The van der Waals surface area contributed by atoms with Crippen molar-refractivity contribution in [1.29, 1.82) is 0 Å². The number of carbonyl (C=O) groups excluding carboxylic acids is 1. The predicted molar refractivity (Wildman–Crippen MR) is 82.5 cm³/mol. The second-order valence-electron chi connectivity index (χ2n) is 5.14. The molecular weight excluding hydrogens is 305 g/mol. The van der Waals surface area contributed by atoms with E-state index in [4.69, 9.17) is 0 Å². The molecule has 1 aromatic heterocycles. The van der Waals surface area contributed by atoms with Gasteiger partial charge in [0.2, 0.25) is 5.91 Å². The summed E-state index contributed by atoms with van der Waals surface area (Å²) in [4.78, 5) is 28.2. The fourth-order valence-electron chi connectivity index (χ4n) is 2.22. The zero-order valence-electron chi connectivity index (χ0n) is 11.9. The number of carbonyl (C=O) groups is 1. The van der Waals surface area contributed by atoms with Crippen LogP contribution in [0, 0.1) is 18.7 Å². The van der Waals surface area contributed by atoms with E-state index in [1.807, 2.05) is 0 Å². The fourth-order valence-corrected chi connectivity index (χ4v) is 3.29. The van der Waals surface area contributed by atoms with Gasteiger partial charge in [-0.1, -0.05) is 17.8 Å². The molecule has 3 rings (SSSR count). The maximum atomic E-state index is 13.5. The monoisotopic (exact) mass is 319 g/mol. The van der Waals surface area contributed by atoms with E-state index in [1.54, 1.807) is 19.1 Å². The van der Waals surface area contributed by atoms with E-state index in [0.29, 0.717) is 22.2 Å². The van der Waals surface area contributed by atoms with Crippen LogP contribution in [0.3, 0.4) is 0 Å². The molecule has 0 spiro atoms. The van der Waals surface area contributed by atoms with Crippen LogP contribution < -0.4 is 10.9 Å². The Balaban J connectivity index is 1.75. The summed E-state index contributed by atoms with van der Waals surface area (Å²) in [5.41, 5.74) is 0.775. The maximum absolute atomic E-state index is 13.5. The van der Waals surface area contributed by atoms with Gasteiger partial charge in [-0.3, -0.25) is 14.2 Å². The van der Waals surface area contributed by atoms with Crippen LogP contribution in [0.4, 0.5) is 10.1 Å². The molecule has 1 aromatic carbocycles. The van der Waals surface area contributed by atoms with Gasteiger partial charge in [-0.2, -0.15) is 0 Å². The molecule has 1 amide bonds. The molecule has 1 aliphatic rings. The molecule has 0 bridgehead atoms. The van der Waals surface area contributed by atoms with Gasteiger partial charge < -0.3 is 5.32 Å². The zero-order chi connectivity index (χ0) is 15.7. The van der Waals surface area contributed by atoms with Gasteiger partial charge in [0.15, 0.2) is 5.16 Å². The predicted octanol–water partition coefficient (Wildman–Crippen LogP) is 2.05. The molecule has 0 radical (unpaired) electrons. The number of aryl methyl sites for hydroxylation is 1. The van der Waals surface area contributed by atoms with Gasteiger partial charge in [0.25, 0.3) is 5.56 Å². The van der Waals surface area contributed by atoms with E-state index in [2.05, 4.69) is 10.3 Å². The number of amides is 1. The van der Waals surface area contributed by atoms with E-state index in [9.17, 15) is 14.0 Å². The summed E-state index contributed by atoms with van der Waals surface area (Å²) in [5, 5.41) is 3.32. The van der Waals surface area contributed by atoms with E-state index >= 15 is 0 Å². The summed E-state index contributed by atoms with van der Waals surface area (Å²) >= 11 is 1.37. The lowest BCUT2D eigenvalue weighted by molar-refractivity contribution is -0.119. The van der Waals surface area contributed by atoms with Crippen LogP contribution in [0.25, 0.3) is 0 Å². The first-order chi connectivity index (χ1) is 10.5. The molecule has 1 atom stereocenters. The molecule has 0 fully saturated rings. The van der Waals surface area contributed by atoms with Crippen LogP contribution in [0.1, 0.15) is 5.56 Å².